The number of imidazole rings is 1. The Kier molecular flexibility index (Phi) is 6.32. The van der Waals surface area contributed by atoms with Crippen molar-refractivity contribution in [1.82, 2.24) is 14.9 Å². The molecule has 0 spiro atoms. The van der Waals surface area contributed by atoms with Crippen molar-refractivity contribution in [1.29, 1.82) is 0 Å². The highest BCUT2D eigenvalue weighted by molar-refractivity contribution is 7.98. The fraction of sp³-hybridized carbons (Fsp3) is 0.217. The van der Waals surface area contributed by atoms with E-state index in [0.29, 0.717) is 0 Å². The highest BCUT2D eigenvalue weighted by Gasteiger charge is 2.23. The molecule has 1 atom stereocenters. The van der Waals surface area contributed by atoms with Gasteiger partial charge in [0.1, 0.15) is 5.82 Å². The molecular formula is C23H23N3OS2. The molecule has 1 N–H and O–H groups in total. The first kappa shape index (κ1) is 19.7. The molecule has 4 nitrogen and oxygen atoms in total. The second kappa shape index (κ2) is 9.29. The summed E-state index contributed by atoms with van der Waals surface area (Å²) < 4.78 is 2.24. The van der Waals surface area contributed by atoms with Gasteiger partial charge >= 0.3 is 0 Å². The van der Waals surface area contributed by atoms with Gasteiger partial charge in [-0.05, 0) is 47.6 Å². The predicted octanol–water partition coefficient (Wildman–Crippen LogP) is 5.37. The van der Waals surface area contributed by atoms with Crippen molar-refractivity contribution < 1.29 is 4.79 Å². The molecule has 0 bridgehead atoms. The maximum Gasteiger partial charge on any atom is 0.261 e. The smallest absolute Gasteiger partial charge is 0.261 e. The van der Waals surface area contributed by atoms with Crippen molar-refractivity contribution in [3.05, 3.63) is 88.4 Å². The number of para-hydroxylation sites is 2. The van der Waals surface area contributed by atoms with E-state index in [1.807, 2.05) is 41.8 Å². The second-order valence-electron chi connectivity index (χ2n) is 6.82. The van der Waals surface area contributed by atoms with Crippen LogP contribution in [-0.4, -0.2) is 27.5 Å². The third kappa shape index (κ3) is 4.54. The number of amides is 1. The predicted molar refractivity (Wildman–Crippen MR) is 123 cm³/mol. The van der Waals surface area contributed by atoms with Gasteiger partial charge in [-0.25, -0.2) is 4.98 Å². The fourth-order valence-corrected chi connectivity index (χ4v) is 4.53. The zero-order valence-electron chi connectivity index (χ0n) is 16.2. The van der Waals surface area contributed by atoms with E-state index in [1.54, 1.807) is 11.8 Å². The lowest BCUT2D eigenvalue weighted by Gasteiger charge is -2.20. The van der Waals surface area contributed by atoms with Gasteiger partial charge in [0.15, 0.2) is 0 Å². The number of rotatable bonds is 8. The summed E-state index contributed by atoms with van der Waals surface area (Å²) in [5.41, 5.74) is 3.26. The number of fused-ring (bicyclic) bond motifs is 1. The van der Waals surface area contributed by atoms with E-state index in [9.17, 15) is 4.79 Å². The number of carbonyl (C=O) groups excluding carboxylic acids is 1. The number of carbonyl (C=O) groups is 1. The number of aromatic nitrogens is 2. The van der Waals surface area contributed by atoms with Gasteiger partial charge in [-0.3, -0.25) is 4.79 Å². The zero-order valence-corrected chi connectivity index (χ0v) is 17.9. The molecule has 0 fully saturated rings. The van der Waals surface area contributed by atoms with E-state index in [1.165, 1.54) is 16.9 Å². The van der Waals surface area contributed by atoms with Crippen molar-refractivity contribution in [2.75, 3.05) is 12.0 Å². The molecule has 1 amide bonds. The van der Waals surface area contributed by atoms with Crippen molar-refractivity contribution >= 4 is 40.0 Å². The molecule has 0 radical (unpaired) electrons. The van der Waals surface area contributed by atoms with Crippen LogP contribution in [-0.2, 0) is 6.54 Å². The first-order valence-corrected chi connectivity index (χ1v) is 11.9. The molecule has 6 heteroatoms. The van der Waals surface area contributed by atoms with Gasteiger partial charge in [0.2, 0.25) is 0 Å². The molecule has 2 aromatic carbocycles. The molecule has 148 valence electrons. The van der Waals surface area contributed by atoms with Crippen LogP contribution in [0.3, 0.4) is 0 Å². The molecule has 0 aliphatic carbocycles. The van der Waals surface area contributed by atoms with Gasteiger partial charge in [0.05, 0.1) is 22.0 Å². The van der Waals surface area contributed by atoms with Gasteiger partial charge in [-0.15, -0.1) is 11.3 Å². The number of nitrogens with one attached hydrogen (secondary N) is 1. The molecule has 29 heavy (non-hydrogen) atoms. The number of hydrogen-bond acceptors (Lipinski definition) is 4. The normalized spacial score (nSPS) is 12.2. The van der Waals surface area contributed by atoms with E-state index in [2.05, 4.69) is 46.5 Å². The van der Waals surface area contributed by atoms with Crippen molar-refractivity contribution in [2.24, 2.45) is 0 Å². The summed E-state index contributed by atoms with van der Waals surface area (Å²) in [7, 11) is 0. The average Bonchev–Trinajstić information content (AvgIpc) is 3.41. The van der Waals surface area contributed by atoms with Crippen LogP contribution < -0.4 is 5.32 Å². The van der Waals surface area contributed by atoms with Crippen LogP contribution >= 0.6 is 23.1 Å². The fourth-order valence-electron chi connectivity index (χ4n) is 3.43. The summed E-state index contributed by atoms with van der Waals surface area (Å²) >= 11 is 3.24. The Balaban J connectivity index is 1.73. The Morgan fingerprint density at radius 2 is 1.90 bits per heavy atom. The quantitative estimate of drug-likeness (QED) is 0.416. The highest BCUT2D eigenvalue weighted by atomic mass is 32.2. The van der Waals surface area contributed by atoms with Crippen LogP contribution in [0, 0.1) is 0 Å². The Morgan fingerprint density at radius 3 is 2.66 bits per heavy atom. The molecule has 0 saturated heterocycles. The highest BCUT2D eigenvalue weighted by Crippen LogP contribution is 2.26. The number of thioether (sulfide) groups is 1. The molecular weight excluding hydrogens is 398 g/mol. The van der Waals surface area contributed by atoms with Gasteiger partial charge < -0.3 is 9.88 Å². The minimum absolute atomic E-state index is 0.0376. The summed E-state index contributed by atoms with van der Waals surface area (Å²) in [5.74, 6) is 1.82. The first-order valence-electron chi connectivity index (χ1n) is 9.58. The van der Waals surface area contributed by atoms with E-state index in [4.69, 9.17) is 4.98 Å². The van der Waals surface area contributed by atoms with Crippen LogP contribution in [0.1, 0.15) is 33.5 Å². The summed E-state index contributed by atoms with van der Waals surface area (Å²) in [5, 5.41) is 5.16. The van der Waals surface area contributed by atoms with Crippen LogP contribution in [0.25, 0.3) is 11.0 Å². The number of hydrogen-bond donors (Lipinski definition) is 1. The summed E-state index contributed by atoms with van der Waals surface area (Å²) in [6.07, 6.45) is 2.92. The zero-order chi connectivity index (χ0) is 20.1. The van der Waals surface area contributed by atoms with Crippen LogP contribution in [0.5, 0.6) is 0 Å². The second-order valence-corrected chi connectivity index (χ2v) is 8.75. The molecule has 4 rings (SSSR count). The van der Waals surface area contributed by atoms with Gasteiger partial charge in [0.25, 0.3) is 5.91 Å². The van der Waals surface area contributed by atoms with Gasteiger partial charge in [0, 0.05) is 6.54 Å². The molecule has 0 aliphatic heterocycles. The summed E-state index contributed by atoms with van der Waals surface area (Å²) in [6, 6.07) is 22.2. The maximum absolute atomic E-state index is 12.8. The van der Waals surface area contributed by atoms with Crippen LogP contribution in [0.4, 0.5) is 0 Å². The molecule has 4 aromatic rings. The molecule has 0 aliphatic rings. The van der Waals surface area contributed by atoms with E-state index < -0.39 is 0 Å². The monoisotopic (exact) mass is 421 g/mol. The van der Waals surface area contributed by atoms with E-state index >= 15 is 0 Å². The number of nitrogens with zero attached hydrogens (tertiary/aromatic N) is 2. The minimum atomic E-state index is -0.145. The standard InChI is InChI=1S/C23H23N3OS2/c1-28-15-13-19(25-23(27)21-12-7-14-29-21)22-24-18-10-5-6-11-20(18)26(22)16-17-8-3-2-4-9-17/h2-12,14,19H,13,15-16H2,1H3,(H,25,27)/t19-/m1/s1. The van der Waals surface area contributed by atoms with Crippen molar-refractivity contribution in [2.45, 2.75) is 19.0 Å². The molecule has 2 aromatic heterocycles. The molecule has 0 unspecified atom stereocenters. The summed E-state index contributed by atoms with van der Waals surface area (Å²) in [6.45, 7) is 0.724. The average molecular weight is 422 g/mol. The van der Waals surface area contributed by atoms with Gasteiger partial charge in [-0.1, -0.05) is 48.5 Å². The van der Waals surface area contributed by atoms with E-state index in [-0.39, 0.29) is 11.9 Å². The lowest BCUT2D eigenvalue weighted by molar-refractivity contribution is 0.0937. The minimum Gasteiger partial charge on any atom is -0.341 e. The third-order valence-electron chi connectivity index (χ3n) is 4.84. The Labute approximate surface area is 179 Å². The van der Waals surface area contributed by atoms with Gasteiger partial charge in [-0.2, -0.15) is 11.8 Å². The van der Waals surface area contributed by atoms with Crippen molar-refractivity contribution in [3.8, 4) is 0 Å². The molecule has 2 heterocycles. The number of thiophene rings is 1. The number of benzene rings is 2. The molecule has 0 saturated carbocycles. The van der Waals surface area contributed by atoms with E-state index in [0.717, 1.165) is 40.5 Å². The lowest BCUT2D eigenvalue weighted by Crippen LogP contribution is -2.30. The third-order valence-corrected chi connectivity index (χ3v) is 6.35. The maximum atomic E-state index is 12.8. The largest absolute Gasteiger partial charge is 0.341 e. The topological polar surface area (TPSA) is 46.9 Å². The first-order chi connectivity index (χ1) is 14.3. The van der Waals surface area contributed by atoms with Crippen LogP contribution in [0.2, 0.25) is 0 Å². The summed E-state index contributed by atoms with van der Waals surface area (Å²) in [4.78, 5) is 18.5. The SMILES string of the molecule is CSCC[C@@H](NC(=O)c1cccs1)c1nc2ccccc2n1Cc1ccccc1. The lowest BCUT2D eigenvalue weighted by atomic mass is 10.1. The van der Waals surface area contributed by atoms with Crippen molar-refractivity contribution in [3.63, 3.8) is 0 Å². The Morgan fingerprint density at radius 1 is 1.10 bits per heavy atom. The Bertz CT molecular complexity index is 1070. The Hall–Kier alpha value is -2.57. The van der Waals surface area contributed by atoms with Crippen LogP contribution in [0.15, 0.2) is 72.1 Å².